The van der Waals surface area contributed by atoms with E-state index in [4.69, 9.17) is 0 Å². The van der Waals surface area contributed by atoms with Gasteiger partial charge in [-0.25, -0.2) is 0 Å². The molecule has 33 heavy (non-hydrogen) atoms. The number of fused-ring (bicyclic) bond motifs is 2. The first kappa shape index (κ1) is 21.0. The Kier molecular flexibility index (Phi) is 5.47. The van der Waals surface area contributed by atoms with E-state index in [-0.39, 0.29) is 24.4 Å². The SMILES string of the molecule is CCN(CC)C(=O)CN1C(=O)c2ccccc2C1c1c(-c2ccccc2)[nH]c2ccccc12. The molecule has 3 aromatic carbocycles. The minimum Gasteiger partial charge on any atom is -0.354 e. The second kappa shape index (κ2) is 8.58. The number of H-pyrrole nitrogens is 1. The number of amides is 2. The molecule has 4 aromatic rings. The summed E-state index contributed by atoms with van der Waals surface area (Å²) < 4.78 is 0. The number of benzene rings is 3. The van der Waals surface area contributed by atoms with E-state index in [1.807, 2.05) is 68.4 Å². The fourth-order valence-corrected chi connectivity index (χ4v) is 4.95. The summed E-state index contributed by atoms with van der Waals surface area (Å²) in [6.07, 6.45) is 0. The maximum atomic E-state index is 13.6. The zero-order valence-corrected chi connectivity index (χ0v) is 18.9. The molecule has 5 heteroatoms. The van der Waals surface area contributed by atoms with Crippen molar-refractivity contribution in [3.8, 4) is 11.3 Å². The lowest BCUT2D eigenvalue weighted by Gasteiger charge is -2.28. The largest absolute Gasteiger partial charge is 0.354 e. The molecule has 1 atom stereocenters. The normalized spacial score (nSPS) is 15.2. The number of nitrogens with zero attached hydrogens (tertiary/aromatic N) is 2. The standard InChI is InChI=1S/C28H27N3O2/c1-3-30(4-2)24(32)18-31-27(20-14-8-9-15-21(20)28(31)33)25-22-16-10-11-17-23(22)29-26(25)19-12-6-5-7-13-19/h5-17,27,29H,3-4,18H2,1-2H3. The van der Waals surface area contributed by atoms with E-state index in [9.17, 15) is 9.59 Å². The minimum atomic E-state index is -0.348. The average molecular weight is 438 g/mol. The molecule has 0 saturated carbocycles. The van der Waals surface area contributed by atoms with E-state index in [0.29, 0.717) is 18.7 Å². The second-order valence-electron chi connectivity index (χ2n) is 8.31. The molecule has 166 valence electrons. The van der Waals surface area contributed by atoms with Crippen LogP contribution in [0.5, 0.6) is 0 Å². The second-order valence-corrected chi connectivity index (χ2v) is 8.31. The van der Waals surface area contributed by atoms with Crippen LogP contribution in [0.4, 0.5) is 0 Å². The molecule has 1 aliphatic rings. The Morgan fingerprint density at radius 3 is 2.33 bits per heavy atom. The van der Waals surface area contributed by atoms with Gasteiger partial charge in [0, 0.05) is 35.1 Å². The van der Waals surface area contributed by atoms with Gasteiger partial charge in [0.05, 0.1) is 11.7 Å². The van der Waals surface area contributed by atoms with Crippen LogP contribution in [-0.2, 0) is 4.79 Å². The number of aromatic nitrogens is 1. The third-order valence-electron chi connectivity index (χ3n) is 6.56. The van der Waals surface area contributed by atoms with E-state index in [1.54, 1.807) is 9.80 Å². The molecule has 0 saturated heterocycles. The Labute approximate surface area is 193 Å². The summed E-state index contributed by atoms with van der Waals surface area (Å²) in [4.78, 5) is 33.8. The van der Waals surface area contributed by atoms with Gasteiger partial charge >= 0.3 is 0 Å². The van der Waals surface area contributed by atoms with Gasteiger partial charge in [-0.3, -0.25) is 9.59 Å². The number of likely N-dealkylation sites (N-methyl/N-ethyl adjacent to an activating group) is 1. The number of hydrogen-bond donors (Lipinski definition) is 1. The Balaban J connectivity index is 1.72. The number of aromatic amines is 1. The summed E-state index contributed by atoms with van der Waals surface area (Å²) in [5.74, 6) is -0.132. The number of carbonyl (C=O) groups excluding carboxylic acids is 2. The van der Waals surface area contributed by atoms with Crippen LogP contribution in [0, 0.1) is 0 Å². The topological polar surface area (TPSA) is 56.4 Å². The van der Waals surface area contributed by atoms with Crippen molar-refractivity contribution in [2.75, 3.05) is 19.6 Å². The predicted octanol–water partition coefficient (Wildman–Crippen LogP) is 5.25. The summed E-state index contributed by atoms with van der Waals surface area (Å²) >= 11 is 0. The number of carbonyl (C=O) groups is 2. The van der Waals surface area contributed by atoms with Gasteiger partial charge in [0.15, 0.2) is 0 Å². The average Bonchev–Trinajstić information content (AvgIpc) is 3.36. The Morgan fingerprint density at radius 1 is 0.909 bits per heavy atom. The highest BCUT2D eigenvalue weighted by atomic mass is 16.2. The molecule has 2 heterocycles. The van der Waals surface area contributed by atoms with Gasteiger partial charge in [0.1, 0.15) is 6.54 Å². The lowest BCUT2D eigenvalue weighted by atomic mass is 9.93. The molecule has 1 aliphatic heterocycles. The molecule has 1 N–H and O–H groups in total. The molecular formula is C28H27N3O2. The van der Waals surface area contributed by atoms with Crippen LogP contribution in [0.15, 0.2) is 78.9 Å². The first-order valence-electron chi connectivity index (χ1n) is 11.5. The molecule has 0 spiro atoms. The van der Waals surface area contributed by atoms with Crippen molar-refractivity contribution in [2.45, 2.75) is 19.9 Å². The predicted molar refractivity (Wildman–Crippen MR) is 131 cm³/mol. The van der Waals surface area contributed by atoms with Gasteiger partial charge in [0.25, 0.3) is 5.91 Å². The van der Waals surface area contributed by atoms with E-state index < -0.39 is 0 Å². The van der Waals surface area contributed by atoms with Crippen LogP contribution in [0.2, 0.25) is 0 Å². The number of para-hydroxylation sites is 1. The Morgan fingerprint density at radius 2 is 1.58 bits per heavy atom. The van der Waals surface area contributed by atoms with Crippen molar-refractivity contribution in [2.24, 2.45) is 0 Å². The molecule has 0 aliphatic carbocycles. The third kappa shape index (κ3) is 3.50. The third-order valence-corrected chi connectivity index (χ3v) is 6.56. The monoisotopic (exact) mass is 437 g/mol. The van der Waals surface area contributed by atoms with Crippen molar-refractivity contribution < 1.29 is 9.59 Å². The highest BCUT2D eigenvalue weighted by Gasteiger charge is 2.41. The lowest BCUT2D eigenvalue weighted by Crippen LogP contribution is -2.42. The van der Waals surface area contributed by atoms with E-state index in [2.05, 4.69) is 29.2 Å². The van der Waals surface area contributed by atoms with Crippen molar-refractivity contribution in [1.29, 1.82) is 0 Å². The lowest BCUT2D eigenvalue weighted by molar-refractivity contribution is -0.131. The summed E-state index contributed by atoms with van der Waals surface area (Å²) in [5, 5.41) is 1.06. The molecular weight excluding hydrogens is 410 g/mol. The van der Waals surface area contributed by atoms with Crippen LogP contribution in [0.3, 0.4) is 0 Å². The maximum Gasteiger partial charge on any atom is 0.255 e. The Bertz CT molecular complexity index is 1320. The van der Waals surface area contributed by atoms with Crippen LogP contribution in [0.1, 0.15) is 41.4 Å². The fourth-order valence-electron chi connectivity index (χ4n) is 4.95. The smallest absolute Gasteiger partial charge is 0.255 e. The van der Waals surface area contributed by atoms with Crippen LogP contribution in [-0.4, -0.2) is 46.2 Å². The molecule has 1 unspecified atom stereocenters. The molecule has 5 rings (SSSR count). The first-order valence-corrected chi connectivity index (χ1v) is 11.5. The number of hydrogen-bond acceptors (Lipinski definition) is 2. The fraction of sp³-hybridized carbons (Fsp3) is 0.214. The highest BCUT2D eigenvalue weighted by molar-refractivity contribution is 6.03. The first-order chi connectivity index (χ1) is 16.1. The molecule has 0 fully saturated rings. The molecule has 0 radical (unpaired) electrons. The van der Waals surface area contributed by atoms with Crippen molar-refractivity contribution in [1.82, 2.24) is 14.8 Å². The summed E-state index contributed by atoms with van der Waals surface area (Å²) in [6, 6.07) is 25.7. The summed E-state index contributed by atoms with van der Waals surface area (Å²) in [6.45, 7) is 5.22. The summed E-state index contributed by atoms with van der Waals surface area (Å²) in [5.41, 5.74) is 5.68. The van der Waals surface area contributed by atoms with Gasteiger partial charge in [-0.05, 0) is 37.1 Å². The van der Waals surface area contributed by atoms with E-state index in [0.717, 1.165) is 33.3 Å². The van der Waals surface area contributed by atoms with Crippen molar-refractivity contribution in [3.63, 3.8) is 0 Å². The van der Waals surface area contributed by atoms with E-state index in [1.165, 1.54) is 0 Å². The quantitative estimate of drug-likeness (QED) is 0.448. The van der Waals surface area contributed by atoms with Crippen LogP contribution in [0.25, 0.3) is 22.2 Å². The number of rotatable bonds is 6. The van der Waals surface area contributed by atoms with Gasteiger partial charge in [-0.15, -0.1) is 0 Å². The van der Waals surface area contributed by atoms with Gasteiger partial charge in [-0.2, -0.15) is 0 Å². The van der Waals surface area contributed by atoms with Crippen molar-refractivity contribution >= 4 is 22.7 Å². The molecule has 2 amide bonds. The minimum absolute atomic E-state index is 0.0349. The van der Waals surface area contributed by atoms with Gasteiger partial charge in [-0.1, -0.05) is 66.7 Å². The van der Waals surface area contributed by atoms with E-state index >= 15 is 0 Å². The zero-order valence-electron chi connectivity index (χ0n) is 18.9. The molecule has 0 bridgehead atoms. The van der Waals surface area contributed by atoms with Crippen LogP contribution >= 0.6 is 0 Å². The Hall–Kier alpha value is -3.86. The number of nitrogens with one attached hydrogen (secondary N) is 1. The van der Waals surface area contributed by atoms with Gasteiger partial charge in [0.2, 0.25) is 5.91 Å². The van der Waals surface area contributed by atoms with Gasteiger partial charge < -0.3 is 14.8 Å². The molecule has 1 aromatic heterocycles. The molecule has 5 nitrogen and oxygen atoms in total. The summed E-state index contributed by atoms with van der Waals surface area (Å²) in [7, 11) is 0. The van der Waals surface area contributed by atoms with Crippen molar-refractivity contribution in [3.05, 3.63) is 95.6 Å². The van der Waals surface area contributed by atoms with Crippen LogP contribution < -0.4 is 0 Å². The maximum absolute atomic E-state index is 13.6. The zero-order chi connectivity index (χ0) is 22.9. The highest BCUT2D eigenvalue weighted by Crippen LogP contribution is 2.45.